The molecule has 0 radical (unpaired) electrons. The Labute approximate surface area is 155 Å². The van der Waals surface area contributed by atoms with E-state index in [-0.39, 0.29) is 0 Å². The van der Waals surface area contributed by atoms with Gasteiger partial charge in [0.1, 0.15) is 11.5 Å². The van der Waals surface area contributed by atoms with Gasteiger partial charge in [0.2, 0.25) is 0 Å². The molecular weight excluding hydrogens is 336 g/mol. The molecule has 5 rings (SSSR count). The second kappa shape index (κ2) is 5.95. The normalized spacial score (nSPS) is 11.3. The Bertz CT molecular complexity index is 1280. The highest BCUT2D eigenvalue weighted by Gasteiger charge is 2.13. The zero-order valence-electron chi connectivity index (χ0n) is 15.1. The first-order valence-electron chi connectivity index (χ1n) is 8.78. The molecule has 0 saturated heterocycles. The molecule has 0 spiro atoms. The first-order valence-corrected chi connectivity index (χ1v) is 8.78. The van der Waals surface area contributed by atoms with Gasteiger partial charge in [-0.3, -0.25) is 4.68 Å². The van der Waals surface area contributed by atoms with Gasteiger partial charge >= 0.3 is 0 Å². The van der Waals surface area contributed by atoms with Crippen LogP contribution < -0.4 is 5.32 Å². The van der Waals surface area contributed by atoms with E-state index >= 15 is 0 Å². The number of aryl methyl sites for hydroxylation is 2. The van der Waals surface area contributed by atoms with Crippen molar-refractivity contribution in [3.05, 3.63) is 66.6 Å². The van der Waals surface area contributed by atoms with Crippen LogP contribution in [0.5, 0.6) is 0 Å². The van der Waals surface area contributed by atoms with Crippen molar-refractivity contribution in [2.75, 3.05) is 5.32 Å². The standard InChI is InChI=1S/C21H18N6/c1-13-5-3-9-22-19(13)25-21-16-11-14(7-8-18(16)27(2)26-21)17-12-24-20-15(17)6-4-10-23-20/h3-12H,1-2H3,(H,23,24)(H,22,25,26). The number of anilines is 2. The van der Waals surface area contributed by atoms with Gasteiger partial charge in [-0.1, -0.05) is 12.1 Å². The van der Waals surface area contributed by atoms with E-state index in [1.54, 1.807) is 12.4 Å². The van der Waals surface area contributed by atoms with Crippen LogP contribution in [0.3, 0.4) is 0 Å². The SMILES string of the molecule is Cc1cccnc1Nc1nn(C)c2ccc(-c3c[nH]c4ncccc34)cc12. The second-order valence-corrected chi connectivity index (χ2v) is 6.60. The number of rotatable bonds is 3. The van der Waals surface area contributed by atoms with Gasteiger partial charge in [-0.05, 0) is 48.4 Å². The van der Waals surface area contributed by atoms with Crippen molar-refractivity contribution in [2.45, 2.75) is 6.92 Å². The van der Waals surface area contributed by atoms with Crippen LogP contribution in [0, 0.1) is 6.92 Å². The fourth-order valence-corrected chi connectivity index (χ4v) is 3.45. The Morgan fingerprint density at radius 1 is 0.963 bits per heavy atom. The Balaban J connectivity index is 1.66. The molecular formula is C21H18N6. The number of H-pyrrole nitrogens is 1. The third-order valence-corrected chi connectivity index (χ3v) is 4.86. The molecule has 4 aromatic heterocycles. The van der Waals surface area contributed by atoms with Crippen molar-refractivity contribution in [1.29, 1.82) is 0 Å². The maximum absolute atomic E-state index is 4.66. The van der Waals surface area contributed by atoms with Crippen molar-refractivity contribution < 1.29 is 0 Å². The van der Waals surface area contributed by atoms with Gasteiger partial charge in [-0.15, -0.1) is 0 Å². The molecule has 0 aliphatic rings. The van der Waals surface area contributed by atoms with Gasteiger partial charge in [0.25, 0.3) is 0 Å². The monoisotopic (exact) mass is 354 g/mol. The maximum atomic E-state index is 4.66. The van der Waals surface area contributed by atoms with Crippen molar-refractivity contribution in [2.24, 2.45) is 7.05 Å². The number of hydrogen-bond donors (Lipinski definition) is 2. The summed E-state index contributed by atoms with van der Waals surface area (Å²) >= 11 is 0. The summed E-state index contributed by atoms with van der Waals surface area (Å²) in [6.45, 7) is 2.03. The van der Waals surface area contributed by atoms with E-state index in [4.69, 9.17) is 0 Å². The lowest BCUT2D eigenvalue weighted by Gasteiger charge is -2.06. The van der Waals surface area contributed by atoms with Crippen LogP contribution in [-0.2, 0) is 7.05 Å². The van der Waals surface area contributed by atoms with Gasteiger partial charge in [0.05, 0.1) is 5.52 Å². The molecule has 0 saturated carbocycles. The molecule has 0 aliphatic heterocycles. The maximum Gasteiger partial charge on any atom is 0.161 e. The number of aromatic nitrogens is 5. The minimum Gasteiger partial charge on any atom is -0.346 e. The van der Waals surface area contributed by atoms with Crippen LogP contribution >= 0.6 is 0 Å². The van der Waals surface area contributed by atoms with Crippen molar-refractivity contribution in [3.8, 4) is 11.1 Å². The first-order chi connectivity index (χ1) is 13.2. The van der Waals surface area contributed by atoms with E-state index in [0.717, 1.165) is 50.3 Å². The minimum absolute atomic E-state index is 0.800. The molecule has 1 aromatic carbocycles. The van der Waals surface area contributed by atoms with Crippen molar-refractivity contribution in [1.82, 2.24) is 24.7 Å². The molecule has 27 heavy (non-hydrogen) atoms. The third-order valence-electron chi connectivity index (χ3n) is 4.86. The Morgan fingerprint density at radius 2 is 1.81 bits per heavy atom. The molecule has 4 heterocycles. The molecule has 132 valence electrons. The van der Waals surface area contributed by atoms with E-state index < -0.39 is 0 Å². The van der Waals surface area contributed by atoms with Crippen LogP contribution in [0.4, 0.5) is 11.6 Å². The number of aromatic amines is 1. The van der Waals surface area contributed by atoms with Gasteiger partial charge in [0, 0.05) is 42.0 Å². The molecule has 6 nitrogen and oxygen atoms in total. The molecule has 0 amide bonds. The highest BCUT2D eigenvalue weighted by Crippen LogP contribution is 2.33. The van der Waals surface area contributed by atoms with E-state index in [1.165, 1.54) is 0 Å². The number of nitrogens with zero attached hydrogens (tertiary/aromatic N) is 4. The minimum atomic E-state index is 0.800. The third kappa shape index (κ3) is 2.54. The lowest BCUT2D eigenvalue weighted by Crippen LogP contribution is -1.97. The quantitative estimate of drug-likeness (QED) is 0.498. The molecule has 0 fully saturated rings. The Morgan fingerprint density at radius 3 is 2.70 bits per heavy atom. The molecule has 0 atom stereocenters. The first kappa shape index (κ1) is 15.6. The van der Waals surface area contributed by atoms with Crippen LogP contribution in [-0.4, -0.2) is 24.7 Å². The topological polar surface area (TPSA) is 71.4 Å². The predicted molar refractivity (Wildman–Crippen MR) is 108 cm³/mol. The fourth-order valence-electron chi connectivity index (χ4n) is 3.45. The van der Waals surface area contributed by atoms with E-state index in [0.29, 0.717) is 0 Å². The molecule has 6 heteroatoms. The van der Waals surface area contributed by atoms with Crippen LogP contribution in [0.15, 0.2) is 61.1 Å². The zero-order chi connectivity index (χ0) is 18.4. The lowest BCUT2D eigenvalue weighted by atomic mass is 10.0. The van der Waals surface area contributed by atoms with E-state index in [2.05, 4.69) is 49.6 Å². The molecule has 5 aromatic rings. The summed E-state index contributed by atoms with van der Waals surface area (Å²) in [6, 6.07) is 14.4. The number of hydrogen-bond acceptors (Lipinski definition) is 4. The molecule has 0 bridgehead atoms. The second-order valence-electron chi connectivity index (χ2n) is 6.60. The summed E-state index contributed by atoms with van der Waals surface area (Å²) in [5.74, 6) is 1.62. The molecule has 0 aliphatic carbocycles. The Kier molecular flexibility index (Phi) is 3.43. The highest BCUT2D eigenvalue weighted by molar-refractivity contribution is 5.99. The summed E-state index contributed by atoms with van der Waals surface area (Å²) in [4.78, 5) is 12.1. The predicted octanol–water partition coefficient (Wildman–Crippen LogP) is 4.56. The van der Waals surface area contributed by atoms with Gasteiger partial charge in [-0.2, -0.15) is 5.10 Å². The average molecular weight is 354 g/mol. The van der Waals surface area contributed by atoms with Gasteiger partial charge < -0.3 is 10.3 Å². The summed E-state index contributed by atoms with van der Waals surface area (Å²) in [6.07, 6.45) is 5.58. The molecule has 0 unspecified atom stereocenters. The summed E-state index contributed by atoms with van der Waals surface area (Å²) in [5.41, 5.74) is 5.28. The number of benzene rings is 1. The van der Waals surface area contributed by atoms with Gasteiger partial charge in [0.15, 0.2) is 5.82 Å². The summed E-state index contributed by atoms with van der Waals surface area (Å²) in [5, 5.41) is 10.2. The largest absolute Gasteiger partial charge is 0.346 e. The van der Waals surface area contributed by atoms with Gasteiger partial charge in [-0.25, -0.2) is 9.97 Å². The van der Waals surface area contributed by atoms with E-state index in [9.17, 15) is 0 Å². The number of fused-ring (bicyclic) bond motifs is 2. The van der Waals surface area contributed by atoms with Crippen molar-refractivity contribution >= 4 is 33.6 Å². The Hall–Kier alpha value is -3.67. The highest BCUT2D eigenvalue weighted by atomic mass is 15.3. The summed E-state index contributed by atoms with van der Waals surface area (Å²) < 4.78 is 1.89. The van der Waals surface area contributed by atoms with Crippen molar-refractivity contribution in [3.63, 3.8) is 0 Å². The lowest BCUT2D eigenvalue weighted by molar-refractivity contribution is 0.800. The smallest absolute Gasteiger partial charge is 0.161 e. The zero-order valence-corrected chi connectivity index (χ0v) is 15.1. The van der Waals surface area contributed by atoms with Crippen LogP contribution in [0.25, 0.3) is 33.1 Å². The fraction of sp³-hybridized carbons (Fsp3) is 0.0952. The summed E-state index contributed by atoms with van der Waals surface area (Å²) in [7, 11) is 1.95. The molecule has 2 N–H and O–H groups in total. The number of nitrogens with one attached hydrogen (secondary N) is 2. The van der Waals surface area contributed by atoms with Crippen LogP contribution in [0.2, 0.25) is 0 Å². The number of pyridine rings is 2. The average Bonchev–Trinajstić information content (AvgIpc) is 3.25. The van der Waals surface area contributed by atoms with Crippen LogP contribution in [0.1, 0.15) is 5.56 Å². The van der Waals surface area contributed by atoms with E-state index in [1.807, 2.05) is 43.0 Å².